The van der Waals surface area contributed by atoms with Gasteiger partial charge in [-0.15, -0.1) is 0 Å². The van der Waals surface area contributed by atoms with E-state index in [4.69, 9.17) is 14.7 Å². The van der Waals surface area contributed by atoms with Crippen LogP contribution in [0.5, 0.6) is 0 Å². The van der Waals surface area contributed by atoms with Gasteiger partial charge in [-0.1, -0.05) is 60.7 Å². The predicted octanol–water partition coefficient (Wildman–Crippen LogP) is 2.73. The number of hydrogen-bond acceptors (Lipinski definition) is 6. The maximum absolute atomic E-state index is 13.0. The van der Waals surface area contributed by atoms with Gasteiger partial charge < -0.3 is 20.1 Å². The van der Waals surface area contributed by atoms with Crippen molar-refractivity contribution in [1.82, 2.24) is 10.6 Å². The van der Waals surface area contributed by atoms with Crippen molar-refractivity contribution < 1.29 is 23.9 Å². The van der Waals surface area contributed by atoms with Gasteiger partial charge in [-0.2, -0.15) is 5.26 Å². The molecule has 2 N–H and O–H groups in total. The molecule has 168 valence electrons. The number of benzene rings is 2. The van der Waals surface area contributed by atoms with Crippen molar-refractivity contribution in [3.05, 3.63) is 71.8 Å². The second kappa shape index (κ2) is 12.7. The molecule has 0 heterocycles. The molecule has 0 radical (unpaired) electrons. The molecule has 8 heteroatoms. The molecule has 2 aromatic rings. The Balaban J connectivity index is 2.10. The van der Waals surface area contributed by atoms with Crippen molar-refractivity contribution in [2.24, 2.45) is 5.92 Å². The summed E-state index contributed by atoms with van der Waals surface area (Å²) in [6.45, 7) is 1.69. The minimum absolute atomic E-state index is 0.0524. The molecule has 0 aromatic heterocycles. The zero-order valence-corrected chi connectivity index (χ0v) is 18.1. The second-order valence-electron chi connectivity index (χ2n) is 7.30. The van der Waals surface area contributed by atoms with E-state index in [1.54, 1.807) is 6.92 Å². The first-order chi connectivity index (χ1) is 15.4. The minimum Gasteiger partial charge on any atom is -0.467 e. The summed E-state index contributed by atoms with van der Waals surface area (Å²) >= 11 is 0. The van der Waals surface area contributed by atoms with Crippen LogP contribution in [0.1, 0.15) is 24.5 Å². The average Bonchev–Trinajstić information content (AvgIpc) is 2.82. The zero-order valence-electron chi connectivity index (χ0n) is 18.1. The van der Waals surface area contributed by atoms with Crippen LogP contribution in [0.25, 0.3) is 0 Å². The summed E-state index contributed by atoms with van der Waals surface area (Å²) in [7, 11) is 1.21. The maximum Gasteiger partial charge on any atom is 0.408 e. The monoisotopic (exact) mass is 437 g/mol. The highest BCUT2D eigenvalue weighted by atomic mass is 16.5. The van der Waals surface area contributed by atoms with E-state index in [1.165, 1.54) is 7.11 Å². The van der Waals surface area contributed by atoms with E-state index in [0.29, 0.717) is 0 Å². The number of amides is 2. The molecule has 2 aromatic carbocycles. The van der Waals surface area contributed by atoms with Crippen LogP contribution in [0.4, 0.5) is 4.79 Å². The van der Waals surface area contributed by atoms with E-state index in [9.17, 15) is 14.4 Å². The summed E-state index contributed by atoms with van der Waals surface area (Å²) in [6.07, 6.45) is -0.481. The standard InChI is InChI=1S/C24H27N3O5/c1-17(15-25)13-21(23(29)31-2)26-22(28)20(14-18-9-5-3-6-10-18)27-24(30)32-16-19-11-7-4-8-12-19/h3-12,17,20-21H,13-14,16H2,1-2H3,(H,26,28)(H,27,30)/t17-,20+,21-/m0/s1. The third-order valence-corrected chi connectivity index (χ3v) is 4.72. The first-order valence-electron chi connectivity index (χ1n) is 10.2. The quantitative estimate of drug-likeness (QED) is 0.552. The van der Waals surface area contributed by atoms with Crippen molar-refractivity contribution in [1.29, 1.82) is 5.26 Å². The summed E-state index contributed by atoms with van der Waals surface area (Å²) in [5.41, 5.74) is 1.62. The Labute approximate surface area is 187 Å². The van der Waals surface area contributed by atoms with Crippen molar-refractivity contribution in [3.8, 4) is 6.07 Å². The molecule has 8 nitrogen and oxygen atoms in total. The molecular weight excluding hydrogens is 410 g/mol. The lowest BCUT2D eigenvalue weighted by Gasteiger charge is -2.22. The number of esters is 1. The third-order valence-electron chi connectivity index (χ3n) is 4.72. The zero-order chi connectivity index (χ0) is 23.3. The number of carbonyl (C=O) groups is 3. The smallest absolute Gasteiger partial charge is 0.408 e. The Bertz CT molecular complexity index is 928. The summed E-state index contributed by atoms with van der Waals surface area (Å²) < 4.78 is 9.99. The lowest BCUT2D eigenvalue weighted by atomic mass is 10.0. The fourth-order valence-corrected chi connectivity index (χ4v) is 3.00. The molecule has 32 heavy (non-hydrogen) atoms. The summed E-state index contributed by atoms with van der Waals surface area (Å²) in [6, 6.07) is 18.3. The number of methoxy groups -OCH3 is 1. The molecule has 3 atom stereocenters. The van der Waals surface area contributed by atoms with Crippen LogP contribution in [0.2, 0.25) is 0 Å². The molecule has 0 spiro atoms. The van der Waals surface area contributed by atoms with Gasteiger partial charge in [0.2, 0.25) is 5.91 Å². The number of nitrogens with one attached hydrogen (secondary N) is 2. The molecule has 0 saturated heterocycles. The summed E-state index contributed by atoms with van der Waals surface area (Å²) in [5, 5.41) is 14.2. The van der Waals surface area contributed by atoms with E-state index < -0.39 is 36.0 Å². The van der Waals surface area contributed by atoms with Gasteiger partial charge in [0.25, 0.3) is 0 Å². The molecule has 2 amide bonds. The van der Waals surface area contributed by atoms with E-state index in [2.05, 4.69) is 10.6 Å². The first kappa shape index (κ1) is 24.4. The van der Waals surface area contributed by atoms with Crippen LogP contribution in [-0.2, 0) is 32.1 Å². The first-order valence-corrected chi connectivity index (χ1v) is 10.2. The third kappa shape index (κ3) is 8.11. The van der Waals surface area contributed by atoms with Crippen molar-refractivity contribution >= 4 is 18.0 Å². The molecule has 0 aliphatic carbocycles. The molecule has 0 bridgehead atoms. The van der Waals surface area contributed by atoms with Gasteiger partial charge in [0.15, 0.2) is 0 Å². The number of alkyl carbamates (subject to hydrolysis) is 1. The minimum atomic E-state index is -1.01. The summed E-state index contributed by atoms with van der Waals surface area (Å²) in [4.78, 5) is 37.5. The number of ether oxygens (including phenoxy) is 2. The Morgan fingerprint density at radius 1 is 0.938 bits per heavy atom. The summed E-state index contributed by atoms with van der Waals surface area (Å²) in [5.74, 6) is -1.72. The van der Waals surface area contributed by atoms with Crippen molar-refractivity contribution in [3.63, 3.8) is 0 Å². The maximum atomic E-state index is 13.0. The van der Waals surface area contributed by atoms with Gasteiger partial charge in [0.05, 0.1) is 13.2 Å². The fraction of sp³-hybridized carbons (Fsp3) is 0.333. The molecule has 0 unspecified atom stereocenters. The number of rotatable bonds is 10. The Morgan fingerprint density at radius 3 is 2.09 bits per heavy atom. The van der Waals surface area contributed by atoms with Crippen LogP contribution in [0, 0.1) is 17.2 Å². The van der Waals surface area contributed by atoms with Gasteiger partial charge in [0.1, 0.15) is 18.7 Å². The van der Waals surface area contributed by atoms with Gasteiger partial charge in [0, 0.05) is 12.3 Å². The van der Waals surface area contributed by atoms with Crippen LogP contribution >= 0.6 is 0 Å². The Morgan fingerprint density at radius 2 is 1.53 bits per heavy atom. The number of hydrogen-bond donors (Lipinski definition) is 2. The highest BCUT2D eigenvalue weighted by molar-refractivity contribution is 5.89. The van der Waals surface area contributed by atoms with Crippen LogP contribution in [0.3, 0.4) is 0 Å². The van der Waals surface area contributed by atoms with E-state index in [-0.39, 0.29) is 19.4 Å². The van der Waals surface area contributed by atoms with Crippen LogP contribution < -0.4 is 10.6 Å². The molecule has 0 fully saturated rings. The molecule has 0 aliphatic heterocycles. The van der Waals surface area contributed by atoms with Gasteiger partial charge in [-0.05, 0) is 24.5 Å². The lowest BCUT2D eigenvalue weighted by Crippen LogP contribution is -2.53. The molecule has 0 aliphatic rings. The van der Waals surface area contributed by atoms with Crippen LogP contribution in [0.15, 0.2) is 60.7 Å². The Kier molecular flexibility index (Phi) is 9.72. The number of nitriles is 1. The highest BCUT2D eigenvalue weighted by Crippen LogP contribution is 2.09. The van der Waals surface area contributed by atoms with Gasteiger partial charge in [-0.3, -0.25) is 4.79 Å². The van der Waals surface area contributed by atoms with Crippen molar-refractivity contribution in [2.45, 2.75) is 38.5 Å². The number of carbonyl (C=O) groups excluding carboxylic acids is 3. The Hall–Kier alpha value is -3.86. The van der Waals surface area contributed by atoms with Crippen molar-refractivity contribution in [2.75, 3.05) is 7.11 Å². The normalized spacial score (nSPS) is 13.0. The fourth-order valence-electron chi connectivity index (χ4n) is 3.00. The second-order valence-corrected chi connectivity index (χ2v) is 7.30. The molecular formula is C24H27N3O5. The van der Waals surface area contributed by atoms with E-state index >= 15 is 0 Å². The van der Waals surface area contributed by atoms with Gasteiger partial charge >= 0.3 is 12.1 Å². The SMILES string of the molecule is COC(=O)[C@H](C[C@H](C)C#N)NC(=O)[C@@H](Cc1ccccc1)NC(=O)OCc1ccccc1. The van der Waals surface area contributed by atoms with Gasteiger partial charge in [-0.25, -0.2) is 9.59 Å². The van der Waals surface area contributed by atoms with E-state index in [1.807, 2.05) is 66.7 Å². The molecule has 2 rings (SSSR count). The predicted molar refractivity (Wildman–Crippen MR) is 117 cm³/mol. The number of nitrogens with zero attached hydrogens (tertiary/aromatic N) is 1. The largest absolute Gasteiger partial charge is 0.467 e. The van der Waals surface area contributed by atoms with Crippen LogP contribution in [-0.4, -0.2) is 37.2 Å². The van der Waals surface area contributed by atoms with E-state index in [0.717, 1.165) is 11.1 Å². The lowest BCUT2D eigenvalue weighted by molar-refractivity contribution is -0.145. The average molecular weight is 437 g/mol. The topological polar surface area (TPSA) is 118 Å². The highest BCUT2D eigenvalue weighted by Gasteiger charge is 2.29. The molecule has 0 saturated carbocycles.